The number of hydrogen-bond donors (Lipinski definition) is 5. The van der Waals surface area contributed by atoms with Crippen LogP contribution in [0.2, 0.25) is 0 Å². The van der Waals surface area contributed by atoms with Crippen LogP contribution in [-0.4, -0.2) is 61.0 Å². The zero-order chi connectivity index (χ0) is 18.7. The number of nitrogens with one attached hydrogen (secondary N) is 1. The molecule has 0 radical (unpaired) electrons. The van der Waals surface area contributed by atoms with Crippen molar-refractivity contribution in [3.8, 4) is 0 Å². The van der Waals surface area contributed by atoms with E-state index in [2.05, 4.69) is 10.3 Å². The van der Waals surface area contributed by atoms with Gasteiger partial charge in [0, 0.05) is 12.7 Å². The van der Waals surface area contributed by atoms with E-state index in [4.69, 9.17) is 17.0 Å². The van der Waals surface area contributed by atoms with Crippen molar-refractivity contribution in [1.82, 2.24) is 9.55 Å². The maximum Gasteiger partial charge on any atom is 0.203 e. The first-order valence-corrected chi connectivity index (χ1v) is 8.59. The molecule has 26 heavy (non-hydrogen) atoms. The van der Waals surface area contributed by atoms with Crippen molar-refractivity contribution >= 4 is 18.0 Å². The summed E-state index contributed by atoms with van der Waals surface area (Å²) < 4.78 is 7.00. The van der Waals surface area contributed by atoms with Crippen LogP contribution in [0.15, 0.2) is 42.6 Å². The van der Waals surface area contributed by atoms with Crippen LogP contribution in [0, 0.1) is 4.77 Å². The third-order valence-corrected chi connectivity index (χ3v) is 4.59. The molecule has 1 aliphatic rings. The molecule has 3 rings (SSSR count). The van der Waals surface area contributed by atoms with E-state index in [1.165, 1.54) is 4.57 Å². The minimum Gasteiger partial charge on any atom is -0.394 e. The van der Waals surface area contributed by atoms with Gasteiger partial charge in [0.05, 0.1) is 6.61 Å². The molecule has 1 aromatic heterocycles. The van der Waals surface area contributed by atoms with Gasteiger partial charge in [-0.1, -0.05) is 30.3 Å². The summed E-state index contributed by atoms with van der Waals surface area (Å²) in [6.45, 7) is 0.0750. The van der Waals surface area contributed by atoms with Gasteiger partial charge < -0.3 is 30.5 Å². The average molecular weight is 379 g/mol. The minimum absolute atomic E-state index is 0.132. The van der Waals surface area contributed by atoms with Crippen molar-refractivity contribution in [2.24, 2.45) is 0 Å². The quantitative estimate of drug-likeness (QED) is 0.467. The number of nitrogens with zero attached hydrogens (tertiary/aromatic N) is 2. The minimum atomic E-state index is -1.47. The Morgan fingerprint density at radius 1 is 1.08 bits per heavy atom. The van der Waals surface area contributed by atoms with Crippen LogP contribution in [0.3, 0.4) is 0 Å². The van der Waals surface area contributed by atoms with E-state index in [1.54, 1.807) is 12.3 Å². The molecule has 1 saturated heterocycles. The van der Waals surface area contributed by atoms with E-state index in [0.717, 1.165) is 5.56 Å². The molecule has 9 heteroatoms. The number of rotatable bonds is 5. The molecule has 0 bridgehead atoms. The highest BCUT2D eigenvalue weighted by molar-refractivity contribution is 7.71. The molecule has 5 N–H and O–H groups in total. The number of aliphatic hydroxyl groups excluding tert-OH is 4. The van der Waals surface area contributed by atoms with Gasteiger partial charge in [0.2, 0.25) is 4.77 Å². The zero-order valence-corrected chi connectivity index (χ0v) is 14.7. The lowest BCUT2D eigenvalue weighted by molar-refractivity contribution is -0.251. The Morgan fingerprint density at radius 2 is 1.81 bits per heavy atom. The van der Waals surface area contributed by atoms with E-state index in [9.17, 15) is 20.4 Å². The van der Waals surface area contributed by atoms with Crippen molar-refractivity contribution in [2.45, 2.75) is 37.2 Å². The normalized spacial score (nSPS) is 28.7. The van der Waals surface area contributed by atoms with Crippen LogP contribution >= 0.6 is 12.2 Å². The number of anilines is 1. The molecule has 0 saturated carbocycles. The summed E-state index contributed by atoms with van der Waals surface area (Å²) in [6, 6.07) is 11.5. The topological polar surface area (TPSA) is 120 Å². The van der Waals surface area contributed by atoms with Gasteiger partial charge in [0.1, 0.15) is 30.2 Å². The van der Waals surface area contributed by atoms with Crippen molar-refractivity contribution < 1.29 is 25.2 Å². The first-order chi connectivity index (χ1) is 12.5. The summed E-state index contributed by atoms with van der Waals surface area (Å²) in [5.41, 5.74) is 1.09. The maximum atomic E-state index is 10.2. The molecule has 1 aliphatic heterocycles. The van der Waals surface area contributed by atoms with Gasteiger partial charge in [-0.25, -0.2) is 4.98 Å². The van der Waals surface area contributed by atoms with Gasteiger partial charge >= 0.3 is 0 Å². The number of hydrogen-bond acceptors (Lipinski definition) is 8. The summed E-state index contributed by atoms with van der Waals surface area (Å²) >= 11 is 5.26. The first kappa shape index (κ1) is 18.9. The van der Waals surface area contributed by atoms with Crippen LogP contribution < -0.4 is 5.32 Å². The fourth-order valence-corrected chi connectivity index (χ4v) is 3.07. The standard InChI is InChI=1S/C17H21N3O5S/c21-9-11-13(22)14(23)15(24)16(25-11)20-7-6-12(19-17(20)26)18-8-10-4-2-1-3-5-10/h1-7,11,13-16,21-24H,8-9H2,(H,18,19,26)/t11-,13+,14+,15-,16-/m1/s1. The second-order valence-electron chi connectivity index (χ2n) is 6.06. The second kappa shape index (κ2) is 8.21. The van der Waals surface area contributed by atoms with Gasteiger partial charge in [-0.05, 0) is 23.8 Å². The summed E-state index contributed by atoms with van der Waals surface area (Å²) in [6.07, 6.45) is -4.78. The summed E-state index contributed by atoms with van der Waals surface area (Å²) in [5, 5.41) is 42.4. The third-order valence-electron chi connectivity index (χ3n) is 4.29. The molecular formula is C17H21N3O5S. The summed E-state index contributed by atoms with van der Waals surface area (Å²) in [7, 11) is 0. The van der Waals surface area contributed by atoms with Crippen LogP contribution in [-0.2, 0) is 11.3 Å². The molecule has 2 heterocycles. The fraction of sp³-hybridized carbons (Fsp3) is 0.412. The molecular weight excluding hydrogens is 358 g/mol. The number of ether oxygens (including phenoxy) is 1. The van der Waals surface area contributed by atoms with E-state index in [-0.39, 0.29) is 4.77 Å². The third kappa shape index (κ3) is 3.93. The van der Waals surface area contributed by atoms with Gasteiger partial charge in [0.25, 0.3) is 0 Å². The molecule has 8 nitrogen and oxygen atoms in total. The summed E-state index contributed by atoms with van der Waals surface area (Å²) in [4.78, 5) is 4.26. The molecule has 0 aliphatic carbocycles. The lowest BCUT2D eigenvalue weighted by Crippen LogP contribution is -2.56. The zero-order valence-electron chi connectivity index (χ0n) is 13.8. The van der Waals surface area contributed by atoms with E-state index >= 15 is 0 Å². The molecule has 1 fully saturated rings. The largest absolute Gasteiger partial charge is 0.394 e. The first-order valence-electron chi connectivity index (χ1n) is 8.18. The smallest absolute Gasteiger partial charge is 0.203 e. The Kier molecular flexibility index (Phi) is 5.97. The predicted octanol–water partition coefficient (Wildman–Crippen LogP) is 0.197. The molecule has 2 aromatic rings. The molecule has 5 atom stereocenters. The van der Waals surface area contributed by atoms with Crippen LogP contribution in [0.25, 0.3) is 0 Å². The SMILES string of the molecule is OC[C@H]1O[C@@H](n2ccc(NCc3ccccc3)nc2=S)[C@H](O)[C@@H](O)[C@H]1O. The second-order valence-corrected chi connectivity index (χ2v) is 6.43. The van der Waals surface area contributed by atoms with E-state index < -0.39 is 37.3 Å². The van der Waals surface area contributed by atoms with Crippen molar-refractivity contribution in [2.75, 3.05) is 11.9 Å². The van der Waals surface area contributed by atoms with Crippen molar-refractivity contribution in [3.63, 3.8) is 0 Å². The van der Waals surface area contributed by atoms with E-state index in [0.29, 0.717) is 12.4 Å². The number of aliphatic hydroxyl groups is 4. The maximum absolute atomic E-state index is 10.2. The van der Waals surface area contributed by atoms with Gasteiger partial charge in [-0.2, -0.15) is 0 Å². The highest BCUT2D eigenvalue weighted by Gasteiger charge is 2.44. The molecule has 0 unspecified atom stereocenters. The van der Waals surface area contributed by atoms with Crippen LogP contribution in [0.1, 0.15) is 11.8 Å². The van der Waals surface area contributed by atoms with Crippen LogP contribution in [0.5, 0.6) is 0 Å². The lowest BCUT2D eigenvalue weighted by atomic mass is 9.98. The molecule has 0 amide bonds. The van der Waals surface area contributed by atoms with Crippen molar-refractivity contribution in [3.05, 3.63) is 52.9 Å². The average Bonchev–Trinajstić information content (AvgIpc) is 2.66. The Morgan fingerprint density at radius 3 is 2.46 bits per heavy atom. The van der Waals surface area contributed by atoms with Gasteiger partial charge in [-0.3, -0.25) is 4.57 Å². The predicted molar refractivity (Wildman–Crippen MR) is 95.8 cm³/mol. The highest BCUT2D eigenvalue weighted by atomic mass is 32.1. The van der Waals surface area contributed by atoms with Crippen molar-refractivity contribution in [1.29, 1.82) is 0 Å². The lowest BCUT2D eigenvalue weighted by Gasteiger charge is -2.40. The number of benzene rings is 1. The molecule has 1 aromatic carbocycles. The summed E-state index contributed by atoms with van der Waals surface area (Å²) in [5.74, 6) is 0.555. The van der Waals surface area contributed by atoms with Gasteiger partial charge in [0.15, 0.2) is 6.23 Å². The number of aromatic nitrogens is 2. The van der Waals surface area contributed by atoms with Gasteiger partial charge in [-0.15, -0.1) is 0 Å². The monoisotopic (exact) mass is 379 g/mol. The Bertz CT molecular complexity index is 785. The Hall–Kier alpha value is -1.88. The molecule has 0 spiro atoms. The fourth-order valence-electron chi connectivity index (χ4n) is 2.81. The molecule has 140 valence electrons. The highest BCUT2D eigenvalue weighted by Crippen LogP contribution is 2.28. The Labute approximate surface area is 155 Å². The van der Waals surface area contributed by atoms with E-state index in [1.807, 2.05) is 30.3 Å². The van der Waals surface area contributed by atoms with Crippen LogP contribution in [0.4, 0.5) is 5.82 Å². The Balaban J connectivity index is 1.75.